The number of carbonyl (C=O) groups excluding carboxylic acids is 1. The van der Waals surface area contributed by atoms with Gasteiger partial charge in [0, 0.05) is 27.4 Å². The lowest BCUT2D eigenvalue weighted by Crippen LogP contribution is -2.05. The molecule has 0 amide bonds. The Hall–Kier alpha value is -3.38. The minimum Gasteiger partial charge on any atom is -0.402 e. The lowest BCUT2D eigenvalue weighted by atomic mass is 10.1. The Bertz CT molecular complexity index is 1430. The van der Waals surface area contributed by atoms with E-state index < -0.39 is 5.97 Å². The molecule has 0 saturated heterocycles. The van der Waals surface area contributed by atoms with Crippen LogP contribution in [-0.4, -0.2) is 21.6 Å². The van der Waals surface area contributed by atoms with Crippen LogP contribution in [0.3, 0.4) is 0 Å². The van der Waals surface area contributed by atoms with Crippen molar-refractivity contribution >= 4 is 52.7 Å². The second-order valence-electron chi connectivity index (χ2n) is 7.18. The maximum absolute atomic E-state index is 12.6. The normalized spacial score (nSPS) is 14.5. The quantitative estimate of drug-likeness (QED) is 0.230. The van der Waals surface area contributed by atoms with Gasteiger partial charge in [-0.2, -0.15) is 5.10 Å². The molecule has 0 saturated carbocycles. The van der Waals surface area contributed by atoms with Crippen LogP contribution in [0.4, 0.5) is 0 Å². The third kappa shape index (κ3) is 4.44. The summed E-state index contributed by atoms with van der Waals surface area (Å²) in [5, 5.41) is 6.18. The van der Waals surface area contributed by atoms with E-state index in [0.29, 0.717) is 31.9 Å². The van der Waals surface area contributed by atoms with Gasteiger partial charge in [-0.15, -0.1) is 0 Å². The molecule has 3 aromatic carbocycles. The van der Waals surface area contributed by atoms with Crippen LogP contribution in [0.15, 0.2) is 89.7 Å². The SMILES string of the molecule is O=C1OC(c2ccc(Cl)cc2Cl)=NC1=Cc1cn(-c2ccccc2)nc1-c1ccc(Cl)cc1. The number of esters is 1. The average Bonchev–Trinajstić information content (AvgIpc) is 3.39. The molecule has 2 heterocycles. The lowest BCUT2D eigenvalue weighted by Gasteiger charge is -2.02. The molecule has 1 aromatic heterocycles. The first-order valence-electron chi connectivity index (χ1n) is 9.87. The van der Waals surface area contributed by atoms with Gasteiger partial charge >= 0.3 is 5.97 Å². The molecule has 0 atom stereocenters. The van der Waals surface area contributed by atoms with Gasteiger partial charge in [0.25, 0.3) is 0 Å². The Morgan fingerprint density at radius 2 is 1.61 bits per heavy atom. The number of para-hydroxylation sites is 1. The minimum absolute atomic E-state index is 0.122. The molecule has 5 rings (SSSR count). The number of cyclic esters (lactones) is 1. The van der Waals surface area contributed by atoms with Gasteiger partial charge in [0.1, 0.15) is 5.69 Å². The Morgan fingerprint density at radius 1 is 0.879 bits per heavy atom. The third-order valence-corrected chi connectivity index (χ3v) is 5.75. The van der Waals surface area contributed by atoms with E-state index in [9.17, 15) is 4.79 Å². The van der Waals surface area contributed by atoms with Crippen LogP contribution in [0.1, 0.15) is 11.1 Å². The molecule has 0 N–H and O–H groups in total. The first-order chi connectivity index (χ1) is 16.0. The van der Waals surface area contributed by atoms with Crippen LogP contribution in [0, 0.1) is 0 Å². The topological polar surface area (TPSA) is 56.5 Å². The van der Waals surface area contributed by atoms with E-state index in [-0.39, 0.29) is 11.6 Å². The second kappa shape index (κ2) is 8.87. The predicted octanol–water partition coefficient (Wildman–Crippen LogP) is 6.84. The highest BCUT2D eigenvalue weighted by Crippen LogP contribution is 2.30. The summed E-state index contributed by atoms with van der Waals surface area (Å²) < 4.78 is 7.12. The summed E-state index contributed by atoms with van der Waals surface area (Å²) in [6.45, 7) is 0. The molecule has 0 fully saturated rings. The number of aromatic nitrogens is 2. The van der Waals surface area contributed by atoms with Gasteiger partial charge in [-0.05, 0) is 48.5 Å². The van der Waals surface area contributed by atoms with E-state index in [1.807, 2.05) is 48.7 Å². The zero-order valence-electron chi connectivity index (χ0n) is 16.9. The van der Waals surface area contributed by atoms with E-state index in [2.05, 4.69) is 4.99 Å². The molecule has 0 spiro atoms. The molecule has 162 valence electrons. The van der Waals surface area contributed by atoms with Gasteiger partial charge in [0.05, 0.1) is 16.3 Å². The highest BCUT2D eigenvalue weighted by molar-refractivity contribution is 6.37. The van der Waals surface area contributed by atoms with E-state index in [0.717, 1.165) is 11.3 Å². The molecular weight excluding hydrogens is 481 g/mol. The molecule has 0 aliphatic carbocycles. The maximum Gasteiger partial charge on any atom is 0.363 e. The molecule has 0 bridgehead atoms. The van der Waals surface area contributed by atoms with Crippen molar-refractivity contribution in [3.05, 3.63) is 111 Å². The zero-order valence-corrected chi connectivity index (χ0v) is 19.1. The molecule has 8 heteroatoms. The van der Waals surface area contributed by atoms with E-state index >= 15 is 0 Å². The van der Waals surface area contributed by atoms with Crippen molar-refractivity contribution in [2.75, 3.05) is 0 Å². The number of halogens is 3. The van der Waals surface area contributed by atoms with Gasteiger partial charge in [0.15, 0.2) is 5.70 Å². The van der Waals surface area contributed by atoms with Crippen molar-refractivity contribution in [3.8, 4) is 16.9 Å². The van der Waals surface area contributed by atoms with Crippen LogP contribution < -0.4 is 0 Å². The van der Waals surface area contributed by atoms with E-state index in [1.54, 1.807) is 41.1 Å². The molecule has 0 radical (unpaired) electrons. The smallest absolute Gasteiger partial charge is 0.363 e. The number of rotatable bonds is 4. The lowest BCUT2D eigenvalue weighted by molar-refractivity contribution is -0.129. The second-order valence-corrected chi connectivity index (χ2v) is 8.46. The summed E-state index contributed by atoms with van der Waals surface area (Å²) in [7, 11) is 0. The van der Waals surface area contributed by atoms with Gasteiger partial charge in [0.2, 0.25) is 5.90 Å². The zero-order chi connectivity index (χ0) is 22.9. The number of carbonyl (C=O) groups is 1. The van der Waals surface area contributed by atoms with Crippen molar-refractivity contribution in [2.24, 2.45) is 4.99 Å². The average molecular weight is 495 g/mol. The van der Waals surface area contributed by atoms with Crippen molar-refractivity contribution in [1.29, 1.82) is 0 Å². The molecule has 1 aliphatic rings. The van der Waals surface area contributed by atoms with Crippen molar-refractivity contribution in [1.82, 2.24) is 9.78 Å². The third-order valence-electron chi connectivity index (χ3n) is 4.96. The number of nitrogens with zero attached hydrogens (tertiary/aromatic N) is 3. The van der Waals surface area contributed by atoms with Gasteiger partial charge < -0.3 is 4.74 Å². The Morgan fingerprint density at radius 3 is 2.33 bits per heavy atom. The van der Waals surface area contributed by atoms with Crippen molar-refractivity contribution < 1.29 is 9.53 Å². The first-order valence-corrected chi connectivity index (χ1v) is 11.0. The van der Waals surface area contributed by atoms with Gasteiger partial charge in [-0.25, -0.2) is 14.5 Å². The highest BCUT2D eigenvalue weighted by atomic mass is 35.5. The van der Waals surface area contributed by atoms with Gasteiger partial charge in [-0.3, -0.25) is 0 Å². The molecule has 4 aromatic rings. The summed E-state index contributed by atoms with van der Waals surface area (Å²) >= 11 is 18.3. The molecule has 0 unspecified atom stereocenters. The summed E-state index contributed by atoms with van der Waals surface area (Å²) in [6, 6.07) is 21.9. The van der Waals surface area contributed by atoms with Crippen LogP contribution in [0.25, 0.3) is 23.0 Å². The fourth-order valence-electron chi connectivity index (χ4n) is 3.37. The summed E-state index contributed by atoms with van der Waals surface area (Å²) in [5.41, 5.74) is 3.71. The van der Waals surface area contributed by atoms with Crippen LogP contribution in [0.2, 0.25) is 15.1 Å². The Kier molecular flexibility index (Phi) is 5.77. The number of hydrogen-bond donors (Lipinski definition) is 0. The predicted molar refractivity (Wildman–Crippen MR) is 131 cm³/mol. The summed E-state index contributed by atoms with van der Waals surface area (Å²) in [5.74, 6) is -0.457. The number of benzene rings is 3. The molecule has 5 nitrogen and oxygen atoms in total. The van der Waals surface area contributed by atoms with E-state index in [4.69, 9.17) is 44.6 Å². The number of ether oxygens (including phenoxy) is 1. The summed E-state index contributed by atoms with van der Waals surface area (Å²) in [4.78, 5) is 17.0. The maximum atomic E-state index is 12.6. The van der Waals surface area contributed by atoms with Crippen LogP contribution in [-0.2, 0) is 9.53 Å². The van der Waals surface area contributed by atoms with Crippen molar-refractivity contribution in [3.63, 3.8) is 0 Å². The largest absolute Gasteiger partial charge is 0.402 e. The standard InChI is InChI=1S/C25H14Cl3N3O2/c26-17-8-6-15(7-9-17)23-16(14-31(30-23)19-4-2-1-3-5-19)12-22-25(32)33-24(29-22)20-11-10-18(27)13-21(20)28/h1-14H. The van der Waals surface area contributed by atoms with Gasteiger partial charge in [-0.1, -0.05) is 65.1 Å². The highest BCUT2D eigenvalue weighted by Gasteiger charge is 2.26. The van der Waals surface area contributed by atoms with Crippen LogP contribution in [0.5, 0.6) is 0 Å². The number of aliphatic imine (C=N–C) groups is 1. The number of hydrogen-bond acceptors (Lipinski definition) is 4. The first kappa shape index (κ1) is 21.5. The Balaban J connectivity index is 1.60. The molecule has 1 aliphatic heterocycles. The minimum atomic E-state index is -0.578. The van der Waals surface area contributed by atoms with Crippen LogP contribution >= 0.6 is 34.8 Å². The van der Waals surface area contributed by atoms with E-state index in [1.165, 1.54) is 0 Å². The fraction of sp³-hybridized carbons (Fsp3) is 0. The summed E-state index contributed by atoms with van der Waals surface area (Å²) in [6.07, 6.45) is 3.48. The molecule has 33 heavy (non-hydrogen) atoms. The van der Waals surface area contributed by atoms with Crippen molar-refractivity contribution in [2.45, 2.75) is 0 Å². The fourth-order valence-corrected chi connectivity index (χ4v) is 3.99. The Labute approximate surface area is 204 Å². The molecular formula is C25H14Cl3N3O2. The monoisotopic (exact) mass is 493 g/mol.